The van der Waals surface area contributed by atoms with Crippen LogP contribution in [0.15, 0.2) is 18.2 Å². The van der Waals surface area contributed by atoms with Crippen molar-refractivity contribution in [1.29, 1.82) is 0 Å². The monoisotopic (exact) mass is 277 g/mol. The molecule has 0 saturated heterocycles. The van der Waals surface area contributed by atoms with E-state index in [1.165, 1.54) is 0 Å². The Morgan fingerprint density at radius 1 is 1.45 bits per heavy atom. The molecule has 3 N–H and O–H groups in total. The van der Waals surface area contributed by atoms with Crippen LogP contribution in [0.25, 0.3) is 0 Å². The van der Waals surface area contributed by atoms with Gasteiger partial charge in [0, 0.05) is 12.6 Å². The lowest BCUT2D eigenvalue weighted by Crippen LogP contribution is -2.39. The first-order valence-electron chi connectivity index (χ1n) is 6.64. The molecule has 0 fully saturated rings. The lowest BCUT2D eigenvalue weighted by molar-refractivity contribution is -0.116. The van der Waals surface area contributed by atoms with Crippen molar-refractivity contribution in [2.75, 3.05) is 11.9 Å². The van der Waals surface area contributed by atoms with E-state index in [0.29, 0.717) is 31.0 Å². The fraction of sp³-hybridized carbons (Fsp3) is 0.429. The third kappa shape index (κ3) is 3.88. The molecule has 1 aromatic carbocycles. The molecule has 0 radical (unpaired) electrons. The number of nitrogens with one attached hydrogen (secondary N) is 3. The summed E-state index contributed by atoms with van der Waals surface area (Å²) >= 11 is 0. The van der Waals surface area contributed by atoms with Crippen molar-refractivity contribution in [1.82, 2.24) is 10.6 Å². The zero-order chi connectivity index (χ0) is 14.5. The van der Waals surface area contributed by atoms with Crippen LogP contribution in [0.3, 0.4) is 0 Å². The van der Waals surface area contributed by atoms with E-state index in [2.05, 4.69) is 16.0 Å². The highest BCUT2D eigenvalue weighted by molar-refractivity contribution is 5.93. The summed E-state index contributed by atoms with van der Waals surface area (Å²) in [4.78, 5) is 23.0. The molecule has 108 valence electrons. The van der Waals surface area contributed by atoms with Gasteiger partial charge in [0.2, 0.25) is 5.91 Å². The summed E-state index contributed by atoms with van der Waals surface area (Å²) in [5.41, 5.74) is 1.55. The second-order valence-corrected chi connectivity index (χ2v) is 4.96. The van der Waals surface area contributed by atoms with Crippen LogP contribution in [-0.2, 0) is 11.3 Å². The van der Waals surface area contributed by atoms with E-state index in [9.17, 15) is 9.59 Å². The minimum absolute atomic E-state index is 0.0635. The fourth-order valence-corrected chi connectivity index (χ4v) is 1.87. The molecule has 0 unspecified atom stereocenters. The predicted molar refractivity (Wildman–Crippen MR) is 75.7 cm³/mol. The highest BCUT2D eigenvalue weighted by Crippen LogP contribution is 2.27. The summed E-state index contributed by atoms with van der Waals surface area (Å²) < 4.78 is 5.47. The number of benzene rings is 1. The first-order valence-corrected chi connectivity index (χ1v) is 6.64. The smallest absolute Gasteiger partial charge is 0.315 e. The number of carbonyl (C=O) groups is 2. The Morgan fingerprint density at radius 3 is 3.00 bits per heavy atom. The van der Waals surface area contributed by atoms with E-state index in [-0.39, 0.29) is 18.0 Å². The van der Waals surface area contributed by atoms with Crippen molar-refractivity contribution in [2.24, 2.45) is 0 Å². The van der Waals surface area contributed by atoms with Gasteiger partial charge in [-0.15, -0.1) is 0 Å². The number of hydrogen-bond donors (Lipinski definition) is 3. The number of amides is 3. The number of fused-ring (bicyclic) bond motifs is 1. The van der Waals surface area contributed by atoms with Crippen LogP contribution >= 0.6 is 0 Å². The van der Waals surface area contributed by atoms with Gasteiger partial charge in [0.05, 0.1) is 18.7 Å². The standard InChI is InChI=1S/C14H19N3O3/c1-9(2)16-14(19)15-8-10-3-4-12-11(7-10)17-13(18)5-6-20-12/h3-4,7,9H,5-6,8H2,1-2H3,(H,17,18)(H2,15,16,19). The average Bonchev–Trinajstić information content (AvgIpc) is 2.55. The van der Waals surface area contributed by atoms with Crippen molar-refractivity contribution in [3.63, 3.8) is 0 Å². The van der Waals surface area contributed by atoms with Crippen molar-refractivity contribution in [3.8, 4) is 5.75 Å². The molecule has 6 nitrogen and oxygen atoms in total. The molecule has 0 bridgehead atoms. The molecule has 3 amide bonds. The van der Waals surface area contributed by atoms with Gasteiger partial charge < -0.3 is 20.7 Å². The molecule has 6 heteroatoms. The molecule has 1 heterocycles. The van der Waals surface area contributed by atoms with Crippen LogP contribution in [0.4, 0.5) is 10.5 Å². The molecule has 1 aromatic rings. The number of anilines is 1. The van der Waals surface area contributed by atoms with Crippen LogP contribution in [0.1, 0.15) is 25.8 Å². The summed E-state index contributed by atoms with van der Waals surface area (Å²) in [5.74, 6) is 0.595. The van der Waals surface area contributed by atoms with Crippen molar-refractivity contribution >= 4 is 17.6 Å². The predicted octanol–water partition coefficient (Wildman–Crippen LogP) is 1.62. The van der Waals surface area contributed by atoms with E-state index in [1.54, 1.807) is 6.07 Å². The zero-order valence-corrected chi connectivity index (χ0v) is 11.7. The molecule has 0 aliphatic carbocycles. The topological polar surface area (TPSA) is 79.5 Å². The van der Waals surface area contributed by atoms with Gasteiger partial charge in [-0.05, 0) is 31.5 Å². The van der Waals surface area contributed by atoms with Gasteiger partial charge >= 0.3 is 6.03 Å². The molecule has 0 spiro atoms. The van der Waals surface area contributed by atoms with Gasteiger partial charge in [-0.25, -0.2) is 4.79 Å². The van der Waals surface area contributed by atoms with Gasteiger partial charge in [-0.3, -0.25) is 4.79 Å². The van der Waals surface area contributed by atoms with E-state index in [1.807, 2.05) is 26.0 Å². The first kappa shape index (κ1) is 14.2. The van der Waals surface area contributed by atoms with Crippen LogP contribution in [0.5, 0.6) is 5.75 Å². The third-order valence-corrected chi connectivity index (χ3v) is 2.78. The summed E-state index contributed by atoms with van der Waals surface area (Å²) in [6, 6.07) is 5.36. The number of carbonyl (C=O) groups excluding carboxylic acids is 2. The van der Waals surface area contributed by atoms with E-state index < -0.39 is 0 Å². The molecule has 0 atom stereocenters. The van der Waals surface area contributed by atoms with Gasteiger partial charge in [0.1, 0.15) is 5.75 Å². The SMILES string of the molecule is CC(C)NC(=O)NCc1ccc2c(c1)NC(=O)CCO2. The number of rotatable bonds is 3. The van der Waals surface area contributed by atoms with Crippen LogP contribution in [0, 0.1) is 0 Å². The Kier molecular flexibility index (Phi) is 4.45. The molecular formula is C14H19N3O3. The Labute approximate surface area is 117 Å². The normalized spacial score (nSPS) is 13.8. The summed E-state index contributed by atoms with van der Waals surface area (Å²) in [6.07, 6.45) is 0.346. The molecule has 0 saturated carbocycles. The molecule has 1 aliphatic heterocycles. The van der Waals surface area contributed by atoms with Gasteiger partial charge in [-0.2, -0.15) is 0 Å². The lowest BCUT2D eigenvalue weighted by Gasteiger charge is -2.12. The second kappa shape index (κ2) is 6.27. The molecule has 20 heavy (non-hydrogen) atoms. The maximum Gasteiger partial charge on any atom is 0.315 e. The fourth-order valence-electron chi connectivity index (χ4n) is 1.87. The Hall–Kier alpha value is -2.24. The summed E-state index contributed by atoms with van der Waals surface area (Å²) in [6.45, 7) is 4.57. The number of ether oxygens (including phenoxy) is 1. The highest BCUT2D eigenvalue weighted by Gasteiger charge is 2.14. The van der Waals surface area contributed by atoms with E-state index in [0.717, 1.165) is 5.56 Å². The van der Waals surface area contributed by atoms with Crippen molar-refractivity contribution in [2.45, 2.75) is 32.9 Å². The van der Waals surface area contributed by atoms with Crippen LogP contribution < -0.4 is 20.7 Å². The number of hydrogen-bond acceptors (Lipinski definition) is 3. The zero-order valence-electron chi connectivity index (χ0n) is 11.7. The van der Waals surface area contributed by atoms with Crippen LogP contribution in [-0.4, -0.2) is 24.6 Å². The molecular weight excluding hydrogens is 258 g/mol. The average molecular weight is 277 g/mol. The van der Waals surface area contributed by atoms with Gasteiger partial charge in [0.15, 0.2) is 0 Å². The van der Waals surface area contributed by atoms with Gasteiger partial charge in [-0.1, -0.05) is 6.07 Å². The first-order chi connectivity index (χ1) is 9.54. The summed E-state index contributed by atoms with van der Waals surface area (Å²) in [7, 11) is 0. The van der Waals surface area contributed by atoms with Crippen molar-refractivity contribution < 1.29 is 14.3 Å². The van der Waals surface area contributed by atoms with E-state index in [4.69, 9.17) is 4.74 Å². The third-order valence-electron chi connectivity index (χ3n) is 2.78. The lowest BCUT2D eigenvalue weighted by atomic mass is 10.2. The Morgan fingerprint density at radius 2 is 2.25 bits per heavy atom. The summed E-state index contributed by atoms with van der Waals surface area (Å²) in [5, 5.41) is 8.30. The Balaban J connectivity index is 2.00. The largest absolute Gasteiger partial charge is 0.491 e. The van der Waals surface area contributed by atoms with Crippen LogP contribution in [0.2, 0.25) is 0 Å². The minimum atomic E-state index is -0.213. The second-order valence-electron chi connectivity index (χ2n) is 4.96. The van der Waals surface area contributed by atoms with Crippen molar-refractivity contribution in [3.05, 3.63) is 23.8 Å². The van der Waals surface area contributed by atoms with E-state index >= 15 is 0 Å². The molecule has 2 rings (SSSR count). The molecule has 1 aliphatic rings. The highest BCUT2D eigenvalue weighted by atomic mass is 16.5. The number of urea groups is 1. The maximum atomic E-state index is 11.5. The van der Waals surface area contributed by atoms with Gasteiger partial charge in [0.25, 0.3) is 0 Å². The quantitative estimate of drug-likeness (QED) is 0.785. The minimum Gasteiger partial charge on any atom is -0.491 e. The molecule has 0 aromatic heterocycles. The Bertz CT molecular complexity index is 514. The maximum absolute atomic E-state index is 11.5.